The Hall–Kier alpha value is -1.62. The molecular weight excluding hydrogens is 230 g/mol. The molecule has 3 N–H and O–H groups in total. The van der Waals surface area contributed by atoms with Crippen LogP contribution in [-0.2, 0) is 6.42 Å². The Morgan fingerprint density at radius 2 is 2.22 bits per heavy atom. The van der Waals surface area contributed by atoms with Crippen molar-refractivity contribution in [2.45, 2.75) is 19.3 Å². The number of aliphatic hydroxyl groups is 1. The molecule has 1 heterocycles. The number of carbonyl (C=O) groups is 1. The van der Waals surface area contributed by atoms with Crippen LogP contribution in [0.5, 0.6) is 0 Å². The zero-order chi connectivity index (χ0) is 12.8. The molecule has 18 heavy (non-hydrogen) atoms. The van der Waals surface area contributed by atoms with Gasteiger partial charge in [-0.2, -0.15) is 0 Å². The normalized spacial score (nSPS) is 16.1. The van der Waals surface area contributed by atoms with Crippen LogP contribution in [0.3, 0.4) is 0 Å². The number of hydrogen-bond donors (Lipinski definition) is 3. The molecule has 1 aliphatic rings. The SMILES string of the molecule is O=C(NCCc1ccccn1)NCC1(CO)CC1. The van der Waals surface area contributed by atoms with Gasteiger partial charge >= 0.3 is 6.03 Å². The Kier molecular flexibility index (Phi) is 4.15. The van der Waals surface area contributed by atoms with E-state index in [0.29, 0.717) is 13.1 Å². The van der Waals surface area contributed by atoms with E-state index in [9.17, 15) is 4.79 Å². The Balaban J connectivity index is 1.60. The van der Waals surface area contributed by atoms with Gasteiger partial charge in [0.05, 0.1) is 6.61 Å². The molecule has 0 aliphatic heterocycles. The first-order valence-electron chi connectivity index (χ1n) is 6.27. The van der Waals surface area contributed by atoms with Crippen molar-refractivity contribution in [2.24, 2.45) is 5.41 Å². The summed E-state index contributed by atoms with van der Waals surface area (Å²) < 4.78 is 0. The maximum absolute atomic E-state index is 11.5. The lowest BCUT2D eigenvalue weighted by Crippen LogP contribution is -2.40. The minimum Gasteiger partial charge on any atom is -0.396 e. The number of hydrogen-bond acceptors (Lipinski definition) is 3. The van der Waals surface area contributed by atoms with E-state index in [1.54, 1.807) is 6.20 Å². The number of nitrogens with zero attached hydrogens (tertiary/aromatic N) is 1. The van der Waals surface area contributed by atoms with Gasteiger partial charge in [-0.15, -0.1) is 0 Å². The van der Waals surface area contributed by atoms with Crippen LogP contribution in [0.25, 0.3) is 0 Å². The van der Waals surface area contributed by atoms with Crippen molar-refractivity contribution in [2.75, 3.05) is 19.7 Å². The molecule has 0 radical (unpaired) electrons. The van der Waals surface area contributed by atoms with Crippen LogP contribution in [0, 0.1) is 5.41 Å². The van der Waals surface area contributed by atoms with Gasteiger partial charge < -0.3 is 15.7 Å². The standard InChI is InChI=1S/C13H19N3O2/c17-10-13(5-6-13)9-16-12(18)15-8-4-11-3-1-2-7-14-11/h1-3,7,17H,4-6,8-10H2,(H2,15,16,18). The summed E-state index contributed by atoms with van der Waals surface area (Å²) >= 11 is 0. The number of aliphatic hydroxyl groups excluding tert-OH is 1. The number of pyridine rings is 1. The summed E-state index contributed by atoms with van der Waals surface area (Å²) in [4.78, 5) is 15.7. The van der Waals surface area contributed by atoms with Crippen LogP contribution in [0.15, 0.2) is 24.4 Å². The fraction of sp³-hybridized carbons (Fsp3) is 0.538. The van der Waals surface area contributed by atoms with Crippen molar-refractivity contribution in [3.8, 4) is 0 Å². The second-order valence-electron chi connectivity index (χ2n) is 4.84. The minimum atomic E-state index is -0.175. The van der Waals surface area contributed by atoms with E-state index in [2.05, 4.69) is 15.6 Å². The van der Waals surface area contributed by atoms with E-state index in [1.807, 2.05) is 18.2 Å². The summed E-state index contributed by atoms with van der Waals surface area (Å²) in [6.07, 6.45) is 4.46. The number of nitrogens with one attached hydrogen (secondary N) is 2. The summed E-state index contributed by atoms with van der Waals surface area (Å²) in [5.41, 5.74) is 0.921. The van der Waals surface area contributed by atoms with E-state index in [4.69, 9.17) is 5.11 Å². The largest absolute Gasteiger partial charge is 0.396 e. The molecule has 0 atom stereocenters. The van der Waals surface area contributed by atoms with Crippen LogP contribution >= 0.6 is 0 Å². The zero-order valence-corrected chi connectivity index (χ0v) is 10.4. The molecule has 0 bridgehead atoms. The Bertz CT molecular complexity index is 390. The first kappa shape index (κ1) is 12.8. The minimum absolute atomic E-state index is 0.0433. The van der Waals surface area contributed by atoms with E-state index in [-0.39, 0.29) is 18.1 Å². The number of carbonyl (C=O) groups excluding carboxylic acids is 1. The molecule has 98 valence electrons. The summed E-state index contributed by atoms with van der Waals surface area (Å²) in [7, 11) is 0. The van der Waals surface area contributed by atoms with Crippen molar-refractivity contribution < 1.29 is 9.90 Å². The van der Waals surface area contributed by atoms with Crippen LogP contribution in [-0.4, -0.2) is 35.8 Å². The Labute approximate surface area is 107 Å². The number of aromatic nitrogens is 1. The number of rotatable bonds is 6. The second-order valence-corrected chi connectivity index (χ2v) is 4.84. The predicted octanol–water partition coefficient (Wildman–Crippen LogP) is 0.696. The molecule has 1 aromatic rings. The lowest BCUT2D eigenvalue weighted by Gasteiger charge is -2.13. The monoisotopic (exact) mass is 249 g/mol. The molecule has 2 rings (SSSR count). The maximum Gasteiger partial charge on any atom is 0.314 e. The predicted molar refractivity (Wildman–Crippen MR) is 68.1 cm³/mol. The van der Waals surface area contributed by atoms with Gasteiger partial charge in [0.1, 0.15) is 0 Å². The van der Waals surface area contributed by atoms with Crippen LogP contribution in [0.1, 0.15) is 18.5 Å². The van der Waals surface area contributed by atoms with E-state index < -0.39 is 0 Å². The lowest BCUT2D eigenvalue weighted by molar-refractivity contribution is 0.203. The highest BCUT2D eigenvalue weighted by Gasteiger charge is 2.41. The Morgan fingerprint density at radius 1 is 1.39 bits per heavy atom. The molecule has 1 fully saturated rings. The molecule has 0 unspecified atom stereocenters. The number of urea groups is 1. The average Bonchev–Trinajstić information content (AvgIpc) is 3.18. The lowest BCUT2D eigenvalue weighted by atomic mass is 10.1. The third-order valence-corrected chi connectivity index (χ3v) is 3.31. The third kappa shape index (κ3) is 3.70. The van der Waals surface area contributed by atoms with Crippen molar-refractivity contribution in [3.63, 3.8) is 0 Å². The molecule has 1 aromatic heterocycles. The molecule has 2 amide bonds. The van der Waals surface area contributed by atoms with Gasteiger partial charge in [-0.25, -0.2) is 4.79 Å². The summed E-state index contributed by atoms with van der Waals surface area (Å²) in [6, 6.07) is 5.56. The van der Waals surface area contributed by atoms with Crippen molar-refractivity contribution in [1.82, 2.24) is 15.6 Å². The van der Waals surface area contributed by atoms with Crippen molar-refractivity contribution in [3.05, 3.63) is 30.1 Å². The second kappa shape index (κ2) is 5.82. The first-order valence-corrected chi connectivity index (χ1v) is 6.27. The van der Waals surface area contributed by atoms with Crippen LogP contribution in [0.2, 0.25) is 0 Å². The highest BCUT2D eigenvalue weighted by atomic mass is 16.3. The molecule has 0 saturated heterocycles. The van der Waals surface area contributed by atoms with Gasteiger partial charge in [0, 0.05) is 36.8 Å². The van der Waals surface area contributed by atoms with Gasteiger partial charge in [0.25, 0.3) is 0 Å². The van der Waals surface area contributed by atoms with Gasteiger partial charge in [-0.05, 0) is 25.0 Å². The smallest absolute Gasteiger partial charge is 0.314 e. The Morgan fingerprint density at radius 3 is 2.83 bits per heavy atom. The topological polar surface area (TPSA) is 74.2 Å². The molecule has 1 saturated carbocycles. The highest BCUT2D eigenvalue weighted by Crippen LogP contribution is 2.44. The van der Waals surface area contributed by atoms with E-state index >= 15 is 0 Å². The third-order valence-electron chi connectivity index (χ3n) is 3.31. The average molecular weight is 249 g/mol. The van der Waals surface area contributed by atoms with Crippen molar-refractivity contribution in [1.29, 1.82) is 0 Å². The molecule has 1 aliphatic carbocycles. The van der Waals surface area contributed by atoms with Gasteiger partial charge in [0.15, 0.2) is 0 Å². The van der Waals surface area contributed by atoms with E-state index in [1.165, 1.54) is 0 Å². The fourth-order valence-electron chi connectivity index (χ4n) is 1.75. The quantitative estimate of drug-likeness (QED) is 0.694. The molecular formula is C13H19N3O2. The van der Waals surface area contributed by atoms with Crippen LogP contribution in [0.4, 0.5) is 4.79 Å². The van der Waals surface area contributed by atoms with Gasteiger partial charge in [-0.1, -0.05) is 6.07 Å². The summed E-state index contributed by atoms with van der Waals surface area (Å²) in [5, 5.41) is 14.7. The summed E-state index contributed by atoms with van der Waals surface area (Å²) in [5.74, 6) is 0. The van der Waals surface area contributed by atoms with Crippen LogP contribution < -0.4 is 10.6 Å². The highest BCUT2D eigenvalue weighted by molar-refractivity contribution is 5.73. The molecule has 0 aromatic carbocycles. The maximum atomic E-state index is 11.5. The fourth-order valence-corrected chi connectivity index (χ4v) is 1.75. The summed E-state index contributed by atoms with van der Waals surface area (Å²) in [6.45, 7) is 1.27. The first-order chi connectivity index (χ1) is 8.74. The zero-order valence-electron chi connectivity index (χ0n) is 10.4. The molecule has 5 nitrogen and oxygen atoms in total. The van der Waals surface area contributed by atoms with Gasteiger partial charge in [0.2, 0.25) is 0 Å². The van der Waals surface area contributed by atoms with Crippen molar-refractivity contribution >= 4 is 6.03 Å². The van der Waals surface area contributed by atoms with E-state index in [0.717, 1.165) is 25.0 Å². The molecule has 5 heteroatoms. The number of amides is 2. The molecule has 0 spiro atoms. The van der Waals surface area contributed by atoms with Gasteiger partial charge in [-0.3, -0.25) is 4.98 Å².